The fraction of sp³-hybridized carbons (Fsp3) is 0.611. The number of benzene rings is 1. The van der Waals surface area contributed by atoms with Crippen LogP contribution in [0.1, 0.15) is 38.3 Å². The lowest BCUT2D eigenvalue weighted by Gasteiger charge is -2.15. The minimum absolute atomic E-state index is 0. The lowest BCUT2D eigenvalue weighted by Crippen LogP contribution is -2.44. The number of nitrogens with one attached hydrogen (secondary N) is 2. The van der Waals surface area contributed by atoms with E-state index in [1.54, 1.807) is 0 Å². The van der Waals surface area contributed by atoms with Crippen molar-refractivity contribution in [2.45, 2.75) is 52.5 Å². The Kier molecular flexibility index (Phi) is 9.88. The molecule has 1 unspecified atom stereocenters. The summed E-state index contributed by atoms with van der Waals surface area (Å²) in [4.78, 5) is 4.57. The molecule has 1 aliphatic rings. The van der Waals surface area contributed by atoms with E-state index < -0.39 is 9.84 Å². The summed E-state index contributed by atoms with van der Waals surface area (Å²) in [6.45, 7) is 7.92. The van der Waals surface area contributed by atoms with Gasteiger partial charge in [-0.25, -0.2) is 13.4 Å². The quantitative estimate of drug-likeness (QED) is 0.345. The van der Waals surface area contributed by atoms with Crippen molar-refractivity contribution in [1.29, 1.82) is 0 Å². The maximum Gasteiger partial charge on any atom is 0.191 e. The summed E-state index contributed by atoms with van der Waals surface area (Å²) in [6, 6.07) is 8.14. The summed E-state index contributed by atoms with van der Waals surface area (Å²) in [6.07, 6.45) is 0.856. The Labute approximate surface area is 174 Å². The standard InChI is InChI=1S/C18H29N3O3S.HI/c1-4-19-18(21-17-9-10-25(22,23)13-17)20-11-15-5-7-16(8-6-15)12-24-14(2)3;/h5-8,14,17H,4,9-13H2,1-3H3,(H2,19,20,21);1H. The number of aliphatic imine (C=N–C) groups is 1. The number of sulfone groups is 1. The summed E-state index contributed by atoms with van der Waals surface area (Å²) >= 11 is 0. The van der Waals surface area contributed by atoms with Crippen molar-refractivity contribution in [3.63, 3.8) is 0 Å². The first-order valence-electron chi connectivity index (χ1n) is 8.82. The van der Waals surface area contributed by atoms with Gasteiger partial charge in [0.25, 0.3) is 0 Å². The second-order valence-corrected chi connectivity index (χ2v) is 8.84. The van der Waals surface area contributed by atoms with E-state index in [0.717, 1.165) is 17.7 Å². The van der Waals surface area contributed by atoms with Gasteiger partial charge in [0.2, 0.25) is 0 Å². The fourth-order valence-electron chi connectivity index (χ4n) is 2.60. The van der Waals surface area contributed by atoms with E-state index in [1.807, 2.05) is 32.9 Å². The highest BCUT2D eigenvalue weighted by molar-refractivity contribution is 14.0. The Hall–Kier alpha value is -0.870. The van der Waals surface area contributed by atoms with Crippen LogP contribution < -0.4 is 10.6 Å². The molecule has 0 radical (unpaired) electrons. The molecule has 2 N–H and O–H groups in total. The van der Waals surface area contributed by atoms with Crippen molar-refractivity contribution >= 4 is 39.8 Å². The van der Waals surface area contributed by atoms with E-state index in [2.05, 4.69) is 27.8 Å². The van der Waals surface area contributed by atoms with Crippen molar-refractivity contribution in [3.8, 4) is 0 Å². The maximum atomic E-state index is 11.6. The average molecular weight is 495 g/mol. The monoisotopic (exact) mass is 495 g/mol. The van der Waals surface area contributed by atoms with E-state index in [4.69, 9.17) is 4.74 Å². The van der Waals surface area contributed by atoms with Crippen molar-refractivity contribution in [2.24, 2.45) is 4.99 Å². The third-order valence-corrected chi connectivity index (χ3v) is 5.71. The Morgan fingerprint density at radius 2 is 1.92 bits per heavy atom. The van der Waals surface area contributed by atoms with Gasteiger partial charge >= 0.3 is 0 Å². The first-order chi connectivity index (χ1) is 11.9. The van der Waals surface area contributed by atoms with Crippen LogP contribution in [0, 0.1) is 0 Å². The molecule has 0 saturated carbocycles. The van der Waals surface area contributed by atoms with Crippen LogP contribution in [-0.4, -0.2) is 44.6 Å². The van der Waals surface area contributed by atoms with Crippen LogP contribution in [0.25, 0.3) is 0 Å². The first kappa shape index (κ1) is 23.2. The first-order valence-corrected chi connectivity index (χ1v) is 10.6. The normalized spacial score (nSPS) is 19.2. The Bertz CT molecular complexity index is 675. The van der Waals surface area contributed by atoms with Gasteiger partial charge in [-0.3, -0.25) is 0 Å². The minimum atomic E-state index is -2.90. The molecule has 0 spiro atoms. The molecule has 1 atom stereocenters. The molecular formula is C18H30IN3O3S. The maximum absolute atomic E-state index is 11.6. The number of rotatable bonds is 7. The molecule has 1 aromatic carbocycles. The number of guanidine groups is 1. The van der Waals surface area contributed by atoms with Gasteiger partial charge in [-0.2, -0.15) is 0 Å². The Balaban J connectivity index is 0.00000338. The van der Waals surface area contributed by atoms with E-state index in [1.165, 1.54) is 0 Å². The molecule has 26 heavy (non-hydrogen) atoms. The van der Waals surface area contributed by atoms with Gasteiger partial charge in [0.1, 0.15) is 0 Å². The molecule has 1 aromatic rings. The SMILES string of the molecule is CCNC(=NCc1ccc(COC(C)C)cc1)NC1CCS(=O)(=O)C1.I. The van der Waals surface area contributed by atoms with E-state index in [0.29, 0.717) is 25.5 Å². The summed E-state index contributed by atoms with van der Waals surface area (Å²) in [5.41, 5.74) is 2.24. The highest BCUT2D eigenvalue weighted by Gasteiger charge is 2.28. The molecule has 0 aliphatic carbocycles. The molecule has 1 fully saturated rings. The molecule has 1 saturated heterocycles. The van der Waals surface area contributed by atoms with Crippen LogP contribution in [-0.2, 0) is 27.7 Å². The molecule has 1 heterocycles. The fourth-order valence-corrected chi connectivity index (χ4v) is 4.27. The highest BCUT2D eigenvalue weighted by atomic mass is 127. The summed E-state index contributed by atoms with van der Waals surface area (Å²) < 4.78 is 28.7. The molecule has 0 amide bonds. The number of halogens is 1. The van der Waals surface area contributed by atoms with Gasteiger partial charge in [-0.15, -0.1) is 24.0 Å². The number of hydrogen-bond donors (Lipinski definition) is 2. The molecule has 8 heteroatoms. The molecule has 0 bridgehead atoms. The summed E-state index contributed by atoms with van der Waals surface area (Å²) in [5, 5.41) is 6.40. The van der Waals surface area contributed by atoms with Gasteiger partial charge in [-0.05, 0) is 38.3 Å². The van der Waals surface area contributed by atoms with Crippen molar-refractivity contribution in [3.05, 3.63) is 35.4 Å². The number of nitrogens with zero attached hydrogens (tertiary/aromatic N) is 1. The van der Waals surface area contributed by atoms with E-state index in [9.17, 15) is 8.42 Å². The molecule has 1 aliphatic heterocycles. The number of hydrogen-bond acceptors (Lipinski definition) is 4. The van der Waals surface area contributed by atoms with Gasteiger partial charge in [-0.1, -0.05) is 24.3 Å². The lowest BCUT2D eigenvalue weighted by atomic mass is 10.1. The average Bonchev–Trinajstić information content (AvgIpc) is 2.90. The van der Waals surface area contributed by atoms with Gasteiger partial charge in [0.05, 0.1) is 30.8 Å². The van der Waals surface area contributed by atoms with Crippen LogP contribution in [0.2, 0.25) is 0 Å². The van der Waals surface area contributed by atoms with Gasteiger partial charge in [0.15, 0.2) is 15.8 Å². The molecule has 6 nitrogen and oxygen atoms in total. The Morgan fingerprint density at radius 3 is 2.46 bits per heavy atom. The smallest absolute Gasteiger partial charge is 0.191 e. The number of ether oxygens (including phenoxy) is 1. The van der Waals surface area contributed by atoms with E-state index >= 15 is 0 Å². The van der Waals surface area contributed by atoms with Crippen LogP contribution in [0.5, 0.6) is 0 Å². The van der Waals surface area contributed by atoms with Gasteiger partial charge in [0, 0.05) is 12.6 Å². The van der Waals surface area contributed by atoms with E-state index in [-0.39, 0.29) is 47.6 Å². The third-order valence-electron chi connectivity index (χ3n) is 3.94. The van der Waals surface area contributed by atoms with Crippen LogP contribution in [0.4, 0.5) is 0 Å². The third kappa shape index (κ3) is 8.22. The summed E-state index contributed by atoms with van der Waals surface area (Å²) in [7, 11) is -2.90. The van der Waals surface area contributed by atoms with Crippen molar-refractivity contribution < 1.29 is 13.2 Å². The van der Waals surface area contributed by atoms with Crippen LogP contribution in [0.3, 0.4) is 0 Å². The summed E-state index contributed by atoms with van der Waals surface area (Å²) in [5.74, 6) is 1.10. The molecule has 148 valence electrons. The zero-order valence-electron chi connectivity index (χ0n) is 15.7. The predicted octanol–water partition coefficient (Wildman–Crippen LogP) is 2.47. The topological polar surface area (TPSA) is 79.8 Å². The molecule has 2 rings (SSSR count). The molecular weight excluding hydrogens is 465 g/mol. The van der Waals surface area contributed by atoms with Crippen molar-refractivity contribution in [2.75, 3.05) is 18.1 Å². The highest BCUT2D eigenvalue weighted by Crippen LogP contribution is 2.11. The second kappa shape index (κ2) is 11.1. The largest absolute Gasteiger partial charge is 0.374 e. The van der Waals surface area contributed by atoms with Crippen LogP contribution >= 0.6 is 24.0 Å². The van der Waals surface area contributed by atoms with Gasteiger partial charge < -0.3 is 15.4 Å². The Morgan fingerprint density at radius 1 is 1.27 bits per heavy atom. The second-order valence-electron chi connectivity index (χ2n) is 6.62. The predicted molar refractivity (Wildman–Crippen MR) is 117 cm³/mol. The zero-order valence-corrected chi connectivity index (χ0v) is 18.8. The minimum Gasteiger partial charge on any atom is -0.374 e. The van der Waals surface area contributed by atoms with Crippen molar-refractivity contribution in [1.82, 2.24) is 10.6 Å². The zero-order chi connectivity index (χ0) is 18.3. The lowest BCUT2D eigenvalue weighted by molar-refractivity contribution is 0.0657. The molecule has 0 aromatic heterocycles. The van der Waals surface area contributed by atoms with Crippen LogP contribution in [0.15, 0.2) is 29.3 Å².